The first-order chi connectivity index (χ1) is 11.5. The van der Waals surface area contributed by atoms with E-state index >= 15 is 0 Å². The van der Waals surface area contributed by atoms with Crippen LogP contribution in [0.5, 0.6) is 0 Å². The number of aromatic nitrogens is 2. The van der Waals surface area contributed by atoms with E-state index in [0.717, 1.165) is 0 Å². The maximum absolute atomic E-state index is 12.2. The van der Waals surface area contributed by atoms with Crippen molar-refractivity contribution in [3.8, 4) is 12.3 Å². The van der Waals surface area contributed by atoms with Crippen molar-refractivity contribution in [1.29, 1.82) is 0 Å². The van der Waals surface area contributed by atoms with Crippen LogP contribution >= 0.6 is 0 Å². The number of nitrogens with zero attached hydrogens (tertiary/aromatic N) is 2. The lowest BCUT2D eigenvalue weighted by Gasteiger charge is -2.25. The molecule has 0 aliphatic carbocycles. The number of hydrogen-bond acceptors (Lipinski definition) is 6. The minimum absolute atomic E-state index is 0.0472. The van der Waals surface area contributed by atoms with Crippen LogP contribution in [0.25, 0.3) is 0 Å². The first kappa shape index (κ1) is 19.5. The number of aliphatic hydroxyl groups excluding tert-OH is 1. The van der Waals surface area contributed by atoms with Crippen LogP contribution in [0.1, 0.15) is 19.8 Å². The fourth-order valence-electron chi connectivity index (χ4n) is 1.73. The van der Waals surface area contributed by atoms with Gasteiger partial charge in [-0.05, 0) is 13.3 Å². The zero-order valence-corrected chi connectivity index (χ0v) is 13.7. The number of nitrogens with one attached hydrogen (secondary N) is 1. The number of imidazole rings is 1. The predicted molar refractivity (Wildman–Crippen MR) is 85.8 cm³/mol. The van der Waals surface area contributed by atoms with E-state index in [4.69, 9.17) is 15.9 Å². The minimum atomic E-state index is -1.24. The van der Waals surface area contributed by atoms with Crippen molar-refractivity contribution in [1.82, 2.24) is 14.9 Å². The molecule has 0 bridgehead atoms. The summed E-state index contributed by atoms with van der Waals surface area (Å²) in [4.78, 5) is 27.5. The number of aryl methyl sites for hydroxylation is 1. The summed E-state index contributed by atoms with van der Waals surface area (Å²) in [7, 11) is 0. The van der Waals surface area contributed by atoms with Gasteiger partial charge in [-0.15, -0.1) is 12.3 Å². The second kappa shape index (κ2) is 10.3. The van der Waals surface area contributed by atoms with Gasteiger partial charge in [0.2, 0.25) is 5.91 Å². The zero-order valence-electron chi connectivity index (χ0n) is 13.7. The summed E-state index contributed by atoms with van der Waals surface area (Å²) in [5.74, 6) is 1.92. The number of aliphatic hydroxyl groups is 1. The molecule has 1 heterocycles. The number of carbonyl (C=O) groups excluding carboxylic acids is 2. The molecule has 0 saturated carbocycles. The van der Waals surface area contributed by atoms with E-state index in [2.05, 4.69) is 16.2 Å². The summed E-state index contributed by atoms with van der Waals surface area (Å²) in [6.07, 6.45) is 10.3. The van der Waals surface area contributed by atoms with Crippen molar-refractivity contribution in [2.75, 3.05) is 26.4 Å². The lowest BCUT2D eigenvalue weighted by Crippen LogP contribution is -2.45. The van der Waals surface area contributed by atoms with Crippen molar-refractivity contribution >= 4 is 12.1 Å². The highest BCUT2D eigenvalue weighted by Crippen LogP contribution is 2.16. The number of carbonyl (C=O) groups is 2. The van der Waals surface area contributed by atoms with Crippen LogP contribution in [0.15, 0.2) is 18.7 Å². The van der Waals surface area contributed by atoms with Gasteiger partial charge in [-0.3, -0.25) is 4.79 Å². The van der Waals surface area contributed by atoms with Gasteiger partial charge >= 0.3 is 6.16 Å². The van der Waals surface area contributed by atoms with Gasteiger partial charge in [-0.25, -0.2) is 9.78 Å². The van der Waals surface area contributed by atoms with E-state index < -0.39 is 24.1 Å². The zero-order chi connectivity index (χ0) is 17.8. The Labute approximate surface area is 141 Å². The molecule has 0 aliphatic heterocycles. The Kier molecular flexibility index (Phi) is 8.36. The van der Waals surface area contributed by atoms with Crippen molar-refractivity contribution < 1.29 is 24.2 Å². The van der Waals surface area contributed by atoms with Crippen molar-refractivity contribution in [2.45, 2.75) is 26.3 Å². The number of terminal acetylenes is 1. The second-order valence-electron chi connectivity index (χ2n) is 5.47. The van der Waals surface area contributed by atoms with Gasteiger partial charge in [0.15, 0.2) is 0 Å². The third-order valence-electron chi connectivity index (χ3n) is 3.31. The van der Waals surface area contributed by atoms with E-state index in [1.807, 2.05) is 10.8 Å². The van der Waals surface area contributed by atoms with Crippen LogP contribution in [0.2, 0.25) is 0 Å². The Hall–Kier alpha value is -2.53. The van der Waals surface area contributed by atoms with Gasteiger partial charge in [-0.2, -0.15) is 0 Å². The van der Waals surface area contributed by atoms with Crippen molar-refractivity contribution in [3.63, 3.8) is 0 Å². The summed E-state index contributed by atoms with van der Waals surface area (Å²) < 4.78 is 11.5. The van der Waals surface area contributed by atoms with Crippen LogP contribution in [0.3, 0.4) is 0 Å². The molecule has 24 heavy (non-hydrogen) atoms. The molecule has 0 radical (unpaired) electrons. The third kappa shape index (κ3) is 6.71. The summed E-state index contributed by atoms with van der Waals surface area (Å²) in [5, 5.41) is 12.2. The monoisotopic (exact) mass is 337 g/mol. The van der Waals surface area contributed by atoms with E-state index in [-0.39, 0.29) is 19.6 Å². The minimum Gasteiger partial charge on any atom is -0.433 e. The molecule has 1 unspecified atom stereocenters. The molecule has 0 aliphatic rings. The number of ether oxygens (including phenoxy) is 2. The first-order valence-corrected chi connectivity index (χ1v) is 7.60. The van der Waals surface area contributed by atoms with Crippen LogP contribution in [-0.4, -0.2) is 53.1 Å². The van der Waals surface area contributed by atoms with Gasteiger partial charge in [0.1, 0.15) is 18.6 Å². The summed E-state index contributed by atoms with van der Waals surface area (Å²) in [6.45, 7) is 1.95. The Balaban J connectivity index is 2.31. The second-order valence-corrected chi connectivity index (χ2v) is 5.47. The molecule has 1 aromatic rings. The molecule has 0 spiro atoms. The topological polar surface area (TPSA) is 103 Å². The molecular formula is C16H23N3O5. The fraction of sp³-hybridized carbons (Fsp3) is 0.562. The lowest BCUT2D eigenvalue weighted by atomic mass is 9.92. The highest BCUT2D eigenvalue weighted by atomic mass is 16.7. The number of amides is 1. The van der Waals surface area contributed by atoms with Crippen molar-refractivity contribution in [2.24, 2.45) is 5.41 Å². The largest absolute Gasteiger partial charge is 0.508 e. The molecule has 8 nitrogen and oxygen atoms in total. The molecule has 2 N–H and O–H groups in total. The van der Waals surface area contributed by atoms with E-state index in [0.29, 0.717) is 19.5 Å². The van der Waals surface area contributed by atoms with Gasteiger partial charge < -0.3 is 24.5 Å². The maximum Gasteiger partial charge on any atom is 0.508 e. The highest BCUT2D eigenvalue weighted by Gasteiger charge is 2.34. The van der Waals surface area contributed by atoms with Crippen LogP contribution < -0.4 is 5.32 Å². The van der Waals surface area contributed by atoms with Crippen LogP contribution in [0, 0.1) is 17.8 Å². The molecule has 1 aromatic heterocycles. The molecule has 1 atom stereocenters. The Morgan fingerprint density at radius 2 is 2.25 bits per heavy atom. The molecule has 1 amide bonds. The molecule has 0 fully saturated rings. The van der Waals surface area contributed by atoms with Crippen LogP contribution in [0.4, 0.5) is 4.79 Å². The van der Waals surface area contributed by atoms with Gasteiger partial charge in [0.05, 0.1) is 12.9 Å². The lowest BCUT2D eigenvalue weighted by molar-refractivity contribution is -0.135. The Morgan fingerprint density at radius 1 is 1.46 bits per heavy atom. The standard InChI is InChI=1S/C16H23N3O5/c1-3-4-10-23-15(22)24-12-16(2,11-20)14(21)18-6-5-8-19-9-7-17-13-19/h1,7,9,13,20H,4-6,8,10-12H2,2H3,(H,18,21). The normalized spacial score (nSPS) is 12.7. The Bertz CT molecular complexity index is 553. The quantitative estimate of drug-likeness (QED) is 0.367. The first-order valence-electron chi connectivity index (χ1n) is 7.60. The fourth-order valence-corrected chi connectivity index (χ4v) is 1.73. The summed E-state index contributed by atoms with van der Waals surface area (Å²) >= 11 is 0. The predicted octanol–water partition coefficient (Wildman–Crippen LogP) is 0.564. The maximum atomic E-state index is 12.2. The van der Waals surface area contributed by atoms with Gasteiger partial charge in [-0.1, -0.05) is 0 Å². The Morgan fingerprint density at radius 3 is 2.88 bits per heavy atom. The van der Waals surface area contributed by atoms with E-state index in [9.17, 15) is 14.7 Å². The van der Waals surface area contributed by atoms with Gasteiger partial charge in [0, 0.05) is 31.9 Å². The van der Waals surface area contributed by atoms with E-state index in [1.165, 1.54) is 6.92 Å². The molecule has 0 saturated heterocycles. The summed E-state index contributed by atoms with van der Waals surface area (Å²) in [5.41, 5.74) is -1.24. The van der Waals surface area contributed by atoms with Crippen molar-refractivity contribution in [3.05, 3.63) is 18.7 Å². The molecule has 132 valence electrons. The highest BCUT2D eigenvalue weighted by molar-refractivity contribution is 5.82. The molecule has 0 aromatic carbocycles. The molecule has 1 rings (SSSR count). The van der Waals surface area contributed by atoms with Crippen LogP contribution in [-0.2, 0) is 20.8 Å². The molecular weight excluding hydrogens is 314 g/mol. The average Bonchev–Trinajstić information content (AvgIpc) is 3.10. The van der Waals surface area contributed by atoms with Gasteiger partial charge in [0.25, 0.3) is 0 Å². The average molecular weight is 337 g/mol. The summed E-state index contributed by atoms with van der Waals surface area (Å²) in [6, 6.07) is 0. The number of rotatable bonds is 10. The van der Waals surface area contributed by atoms with E-state index in [1.54, 1.807) is 12.5 Å². The smallest absolute Gasteiger partial charge is 0.433 e. The third-order valence-corrected chi connectivity index (χ3v) is 3.31. The molecule has 8 heteroatoms. The SMILES string of the molecule is C#CCCOC(=O)OCC(C)(CO)C(=O)NCCCn1ccnc1. The number of hydrogen-bond donors (Lipinski definition) is 2.